The first kappa shape index (κ1) is 10.9. The molecule has 0 aromatic heterocycles. The normalized spacial score (nSPS) is 10.9. The Morgan fingerprint density at radius 2 is 1.82 bits per heavy atom. The zero-order valence-corrected chi connectivity index (χ0v) is 7.12. The van der Waals surface area contributed by atoms with E-state index in [-0.39, 0.29) is 19.1 Å². The number of aliphatic hydroxyl groups excluding tert-OH is 2. The van der Waals surface area contributed by atoms with Crippen LogP contribution < -0.4 is 0 Å². The van der Waals surface area contributed by atoms with Crippen LogP contribution in [0.3, 0.4) is 0 Å². The molecule has 2 N–H and O–H groups in total. The molecule has 0 heterocycles. The van der Waals surface area contributed by atoms with Crippen LogP contribution in [-0.4, -0.2) is 36.6 Å². The molecule has 11 heavy (non-hydrogen) atoms. The van der Waals surface area contributed by atoms with Crippen LogP contribution in [0.5, 0.6) is 0 Å². The molecule has 0 amide bonds. The third-order valence-electron chi connectivity index (χ3n) is 1.54. The maximum atomic E-state index is 8.67. The van der Waals surface area contributed by atoms with Crippen molar-refractivity contribution in [2.24, 2.45) is 5.92 Å². The summed E-state index contributed by atoms with van der Waals surface area (Å²) in [5.74, 6) is -0.00754. The zero-order chi connectivity index (χ0) is 8.53. The van der Waals surface area contributed by atoms with Gasteiger partial charge < -0.3 is 14.9 Å². The van der Waals surface area contributed by atoms with Crippen molar-refractivity contribution < 1.29 is 14.9 Å². The van der Waals surface area contributed by atoms with Crippen molar-refractivity contribution in [1.82, 2.24) is 0 Å². The van der Waals surface area contributed by atoms with Gasteiger partial charge in [-0.15, -0.1) is 0 Å². The average molecular weight is 162 g/mol. The van der Waals surface area contributed by atoms with Crippen LogP contribution in [0, 0.1) is 5.92 Å². The van der Waals surface area contributed by atoms with E-state index in [1.54, 1.807) is 0 Å². The van der Waals surface area contributed by atoms with Gasteiger partial charge in [0.05, 0.1) is 0 Å². The molecule has 0 aromatic carbocycles. The number of aliphatic hydroxyl groups is 2. The predicted molar refractivity (Wildman–Crippen MR) is 43.4 cm³/mol. The molecular weight excluding hydrogens is 144 g/mol. The van der Waals surface area contributed by atoms with E-state index in [1.807, 2.05) is 0 Å². The Labute approximate surface area is 68.0 Å². The lowest BCUT2D eigenvalue weighted by Gasteiger charge is -2.09. The van der Waals surface area contributed by atoms with E-state index < -0.39 is 0 Å². The van der Waals surface area contributed by atoms with Crippen LogP contribution in [0.4, 0.5) is 0 Å². The number of rotatable bonds is 7. The first-order valence-electron chi connectivity index (χ1n) is 4.14. The van der Waals surface area contributed by atoms with Gasteiger partial charge in [0.15, 0.2) is 0 Å². The second kappa shape index (κ2) is 7.98. The van der Waals surface area contributed by atoms with Crippen LogP contribution in [0.25, 0.3) is 0 Å². The van der Waals surface area contributed by atoms with Crippen molar-refractivity contribution >= 4 is 0 Å². The molecular formula is C8H18O3. The molecule has 0 aliphatic carbocycles. The van der Waals surface area contributed by atoms with E-state index in [0.717, 1.165) is 19.4 Å². The smallest absolute Gasteiger partial charge is 0.0482 e. The standard InChI is InChI=1S/C8H18O3/c1-2-4-11-5-3-8(6-9)7-10/h8-10H,2-7H2,1H3. The van der Waals surface area contributed by atoms with Crippen LogP contribution in [0.15, 0.2) is 0 Å². The molecule has 0 saturated heterocycles. The molecule has 0 bridgehead atoms. The highest BCUT2D eigenvalue weighted by atomic mass is 16.5. The van der Waals surface area contributed by atoms with E-state index in [4.69, 9.17) is 14.9 Å². The van der Waals surface area contributed by atoms with Gasteiger partial charge in [-0.05, 0) is 12.8 Å². The molecule has 0 aliphatic heterocycles. The third-order valence-corrected chi connectivity index (χ3v) is 1.54. The molecule has 0 saturated carbocycles. The molecule has 0 rings (SSSR count). The highest BCUT2D eigenvalue weighted by molar-refractivity contribution is 4.53. The highest BCUT2D eigenvalue weighted by Gasteiger charge is 2.04. The molecule has 0 aromatic rings. The third kappa shape index (κ3) is 6.28. The number of hydrogen-bond donors (Lipinski definition) is 2. The Bertz CT molecular complexity index is 71.7. The van der Waals surface area contributed by atoms with Crippen LogP contribution in [0.2, 0.25) is 0 Å². The number of hydrogen-bond acceptors (Lipinski definition) is 3. The second-order valence-corrected chi connectivity index (χ2v) is 2.63. The largest absolute Gasteiger partial charge is 0.396 e. The maximum Gasteiger partial charge on any atom is 0.0482 e. The van der Waals surface area contributed by atoms with Gasteiger partial charge in [-0.25, -0.2) is 0 Å². The molecule has 0 fully saturated rings. The minimum Gasteiger partial charge on any atom is -0.396 e. The summed E-state index contributed by atoms with van der Waals surface area (Å²) >= 11 is 0. The lowest BCUT2D eigenvalue weighted by molar-refractivity contribution is 0.0842. The van der Waals surface area contributed by atoms with Crippen molar-refractivity contribution in [2.75, 3.05) is 26.4 Å². The van der Waals surface area contributed by atoms with Gasteiger partial charge in [0.1, 0.15) is 0 Å². The molecule has 0 radical (unpaired) electrons. The summed E-state index contributed by atoms with van der Waals surface area (Å²) in [6, 6.07) is 0. The van der Waals surface area contributed by atoms with E-state index in [1.165, 1.54) is 0 Å². The molecule has 3 heteroatoms. The summed E-state index contributed by atoms with van der Waals surface area (Å²) in [5.41, 5.74) is 0. The van der Waals surface area contributed by atoms with Crippen LogP contribution in [-0.2, 0) is 4.74 Å². The van der Waals surface area contributed by atoms with E-state index in [2.05, 4.69) is 6.92 Å². The molecule has 0 spiro atoms. The number of ether oxygens (including phenoxy) is 1. The monoisotopic (exact) mass is 162 g/mol. The molecule has 0 atom stereocenters. The Morgan fingerprint density at radius 1 is 1.18 bits per heavy atom. The van der Waals surface area contributed by atoms with Gasteiger partial charge in [-0.3, -0.25) is 0 Å². The molecule has 3 nitrogen and oxygen atoms in total. The fourth-order valence-electron chi connectivity index (χ4n) is 0.737. The first-order valence-corrected chi connectivity index (χ1v) is 4.14. The predicted octanol–water partition coefficient (Wildman–Crippen LogP) is 0.404. The minimum absolute atomic E-state index is 0.00754. The summed E-state index contributed by atoms with van der Waals surface area (Å²) in [7, 11) is 0. The first-order chi connectivity index (χ1) is 5.35. The van der Waals surface area contributed by atoms with Crippen molar-refractivity contribution in [1.29, 1.82) is 0 Å². The van der Waals surface area contributed by atoms with Gasteiger partial charge in [-0.2, -0.15) is 0 Å². The van der Waals surface area contributed by atoms with Crippen molar-refractivity contribution in [3.8, 4) is 0 Å². The van der Waals surface area contributed by atoms with Crippen LogP contribution >= 0.6 is 0 Å². The van der Waals surface area contributed by atoms with Gasteiger partial charge >= 0.3 is 0 Å². The SMILES string of the molecule is CCCOCCC(CO)CO. The Balaban J connectivity index is 3.07. The summed E-state index contributed by atoms with van der Waals surface area (Å²) < 4.78 is 5.19. The van der Waals surface area contributed by atoms with Crippen molar-refractivity contribution in [3.05, 3.63) is 0 Å². The van der Waals surface area contributed by atoms with E-state index in [0.29, 0.717) is 6.61 Å². The average Bonchev–Trinajstić information content (AvgIpc) is 2.05. The quantitative estimate of drug-likeness (QED) is 0.533. The summed E-state index contributed by atoms with van der Waals surface area (Å²) in [5, 5.41) is 17.3. The topological polar surface area (TPSA) is 49.7 Å². The minimum atomic E-state index is -0.00754. The van der Waals surface area contributed by atoms with Gasteiger partial charge in [-0.1, -0.05) is 6.92 Å². The van der Waals surface area contributed by atoms with Crippen molar-refractivity contribution in [2.45, 2.75) is 19.8 Å². The van der Waals surface area contributed by atoms with Gasteiger partial charge in [0, 0.05) is 32.3 Å². The molecule has 0 aliphatic rings. The maximum absolute atomic E-state index is 8.67. The summed E-state index contributed by atoms with van der Waals surface area (Å²) in [4.78, 5) is 0. The Morgan fingerprint density at radius 3 is 2.27 bits per heavy atom. The zero-order valence-electron chi connectivity index (χ0n) is 7.12. The lowest BCUT2D eigenvalue weighted by Crippen LogP contribution is -2.13. The van der Waals surface area contributed by atoms with Gasteiger partial charge in [0.2, 0.25) is 0 Å². The van der Waals surface area contributed by atoms with E-state index >= 15 is 0 Å². The molecule has 68 valence electrons. The summed E-state index contributed by atoms with van der Waals surface area (Å²) in [6.45, 7) is 3.55. The fraction of sp³-hybridized carbons (Fsp3) is 1.00. The van der Waals surface area contributed by atoms with Crippen LogP contribution in [0.1, 0.15) is 19.8 Å². The van der Waals surface area contributed by atoms with Gasteiger partial charge in [0.25, 0.3) is 0 Å². The second-order valence-electron chi connectivity index (χ2n) is 2.63. The highest BCUT2D eigenvalue weighted by Crippen LogP contribution is 2.00. The fourth-order valence-corrected chi connectivity index (χ4v) is 0.737. The molecule has 0 unspecified atom stereocenters. The Kier molecular flexibility index (Phi) is 7.89. The summed E-state index contributed by atoms with van der Waals surface area (Å²) in [6.07, 6.45) is 1.76. The lowest BCUT2D eigenvalue weighted by atomic mass is 10.1. The Hall–Kier alpha value is -0.120. The van der Waals surface area contributed by atoms with Crippen molar-refractivity contribution in [3.63, 3.8) is 0 Å². The van der Waals surface area contributed by atoms with E-state index in [9.17, 15) is 0 Å².